The number of hydrogen-bond donors (Lipinski definition) is 2. The standard InChI is InChI=1S/C15H24O3/c1-14(2,3)9-8-10(16)12(17)11(13(9)18-7)15(4,5)6/h8,16-17H,1-7H3. The second-order valence-electron chi connectivity index (χ2n) is 6.70. The average molecular weight is 252 g/mol. The molecule has 1 aromatic carbocycles. The smallest absolute Gasteiger partial charge is 0.164 e. The van der Waals surface area contributed by atoms with E-state index in [1.165, 1.54) is 0 Å². The summed E-state index contributed by atoms with van der Waals surface area (Å²) >= 11 is 0. The highest BCUT2D eigenvalue weighted by Gasteiger charge is 2.31. The van der Waals surface area contributed by atoms with Crippen molar-refractivity contribution in [1.82, 2.24) is 0 Å². The fraction of sp³-hybridized carbons (Fsp3) is 0.600. The molecule has 102 valence electrons. The molecule has 3 nitrogen and oxygen atoms in total. The average Bonchev–Trinajstić information content (AvgIpc) is 2.17. The summed E-state index contributed by atoms with van der Waals surface area (Å²) < 4.78 is 5.49. The van der Waals surface area contributed by atoms with Crippen LogP contribution < -0.4 is 4.74 Å². The first-order valence-corrected chi connectivity index (χ1v) is 6.14. The Morgan fingerprint density at radius 3 is 1.78 bits per heavy atom. The van der Waals surface area contributed by atoms with Crippen molar-refractivity contribution in [2.45, 2.75) is 52.4 Å². The van der Waals surface area contributed by atoms with Crippen LogP contribution in [0.15, 0.2) is 6.07 Å². The topological polar surface area (TPSA) is 49.7 Å². The van der Waals surface area contributed by atoms with E-state index >= 15 is 0 Å². The van der Waals surface area contributed by atoms with Crippen molar-refractivity contribution in [3.05, 3.63) is 17.2 Å². The lowest BCUT2D eigenvalue weighted by Gasteiger charge is -2.29. The van der Waals surface area contributed by atoms with Crippen LogP contribution in [0.2, 0.25) is 0 Å². The Morgan fingerprint density at radius 2 is 1.44 bits per heavy atom. The van der Waals surface area contributed by atoms with Crippen LogP contribution in [0.1, 0.15) is 52.7 Å². The maximum atomic E-state index is 10.1. The van der Waals surface area contributed by atoms with Gasteiger partial charge in [-0.3, -0.25) is 0 Å². The molecule has 0 aromatic heterocycles. The number of methoxy groups -OCH3 is 1. The van der Waals surface area contributed by atoms with Gasteiger partial charge in [0.15, 0.2) is 11.5 Å². The minimum atomic E-state index is -0.311. The van der Waals surface area contributed by atoms with Gasteiger partial charge in [0.25, 0.3) is 0 Å². The highest BCUT2D eigenvalue weighted by atomic mass is 16.5. The van der Waals surface area contributed by atoms with E-state index in [0.717, 1.165) is 5.56 Å². The second-order valence-corrected chi connectivity index (χ2v) is 6.70. The van der Waals surface area contributed by atoms with E-state index < -0.39 is 0 Å². The molecular formula is C15H24O3. The minimum absolute atomic E-state index is 0.0904. The van der Waals surface area contributed by atoms with Crippen molar-refractivity contribution in [2.75, 3.05) is 7.11 Å². The SMILES string of the molecule is COc1c(C(C)(C)C)cc(O)c(O)c1C(C)(C)C. The molecule has 2 N–H and O–H groups in total. The first-order valence-electron chi connectivity index (χ1n) is 6.14. The van der Waals surface area contributed by atoms with Crippen LogP contribution in [0.3, 0.4) is 0 Å². The maximum absolute atomic E-state index is 10.1. The van der Waals surface area contributed by atoms with Gasteiger partial charge in [-0.15, -0.1) is 0 Å². The predicted octanol–water partition coefficient (Wildman–Crippen LogP) is 3.70. The van der Waals surface area contributed by atoms with E-state index in [2.05, 4.69) is 0 Å². The number of aromatic hydroxyl groups is 2. The first kappa shape index (κ1) is 14.7. The third kappa shape index (κ3) is 2.55. The third-order valence-corrected chi connectivity index (χ3v) is 2.99. The molecule has 0 aliphatic heterocycles. The minimum Gasteiger partial charge on any atom is -0.504 e. The van der Waals surface area contributed by atoms with Crippen LogP contribution in [0, 0.1) is 0 Å². The fourth-order valence-corrected chi connectivity index (χ4v) is 2.11. The van der Waals surface area contributed by atoms with Gasteiger partial charge < -0.3 is 14.9 Å². The van der Waals surface area contributed by atoms with Crippen molar-refractivity contribution in [2.24, 2.45) is 0 Å². The molecule has 3 heteroatoms. The number of hydrogen-bond acceptors (Lipinski definition) is 3. The fourth-order valence-electron chi connectivity index (χ4n) is 2.11. The summed E-state index contributed by atoms with van der Waals surface area (Å²) in [5, 5.41) is 20.0. The monoisotopic (exact) mass is 252 g/mol. The molecule has 0 aliphatic rings. The predicted molar refractivity (Wildman–Crippen MR) is 73.7 cm³/mol. The Labute approximate surface area is 109 Å². The van der Waals surface area contributed by atoms with E-state index in [9.17, 15) is 10.2 Å². The lowest BCUT2D eigenvalue weighted by molar-refractivity contribution is 0.351. The lowest BCUT2D eigenvalue weighted by Crippen LogP contribution is -2.19. The highest BCUT2D eigenvalue weighted by molar-refractivity contribution is 5.61. The number of benzene rings is 1. The van der Waals surface area contributed by atoms with Gasteiger partial charge in [-0.2, -0.15) is 0 Å². The molecule has 18 heavy (non-hydrogen) atoms. The van der Waals surface area contributed by atoms with E-state index in [0.29, 0.717) is 11.3 Å². The second kappa shape index (κ2) is 4.38. The molecule has 0 unspecified atom stereocenters. The molecule has 0 saturated carbocycles. The van der Waals surface area contributed by atoms with Crippen LogP contribution in [-0.4, -0.2) is 17.3 Å². The Morgan fingerprint density at radius 1 is 0.944 bits per heavy atom. The molecule has 0 spiro atoms. The van der Waals surface area contributed by atoms with Gasteiger partial charge in [0.2, 0.25) is 0 Å². The quantitative estimate of drug-likeness (QED) is 0.749. The summed E-state index contributed by atoms with van der Waals surface area (Å²) in [4.78, 5) is 0. The van der Waals surface area contributed by atoms with Crippen molar-refractivity contribution in [3.63, 3.8) is 0 Å². The summed E-state index contributed by atoms with van der Waals surface area (Å²) in [6, 6.07) is 1.59. The van der Waals surface area contributed by atoms with Crippen LogP contribution in [0.5, 0.6) is 17.2 Å². The normalized spacial score (nSPS) is 12.6. The zero-order chi connectivity index (χ0) is 14.3. The Balaban J connectivity index is 3.74. The van der Waals surface area contributed by atoms with Gasteiger partial charge in [-0.05, 0) is 16.9 Å². The molecule has 0 fully saturated rings. The highest BCUT2D eigenvalue weighted by Crippen LogP contribution is 2.48. The van der Waals surface area contributed by atoms with E-state index in [1.807, 2.05) is 41.5 Å². The van der Waals surface area contributed by atoms with E-state index in [1.54, 1.807) is 13.2 Å². The van der Waals surface area contributed by atoms with E-state index in [4.69, 9.17) is 4.74 Å². The molecule has 0 amide bonds. The molecule has 0 heterocycles. The number of phenolic OH excluding ortho intramolecular Hbond substituents is 2. The lowest BCUT2D eigenvalue weighted by atomic mass is 9.78. The van der Waals surface area contributed by atoms with Gasteiger partial charge in [0, 0.05) is 11.1 Å². The summed E-state index contributed by atoms with van der Waals surface area (Å²) in [5.41, 5.74) is 1.06. The van der Waals surface area contributed by atoms with Crippen molar-refractivity contribution < 1.29 is 14.9 Å². The van der Waals surface area contributed by atoms with Crippen LogP contribution >= 0.6 is 0 Å². The molecular weight excluding hydrogens is 228 g/mol. The number of phenols is 2. The summed E-state index contributed by atoms with van der Waals surface area (Å²) in [5.74, 6) is 0.475. The maximum Gasteiger partial charge on any atom is 0.164 e. The molecule has 1 aromatic rings. The van der Waals surface area contributed by atoms with Gasteiger partial charge in [-0.25, -0.2) is 0 Å². The van der Waals surface area contributed by atoms with Gasteiger partial charge in [0.1, 0.15) is 5.75 Å². The van der Waals surface area contributed by atoms with Crippen LogP contribution in [0.4, 0.5) is 0 Å². The largest absolute Gasteiger partial charge is 0.504 e. The first-order chi connectivity index (χ1) is 8.00. The van der Waals surface area contributed by atoms with Gasteiger partial charge in [-0.1, -0.05) is 41.5 Å². The zero-order valence-corrected chi connectivity index (χ0v) is 12.4. The number of ether oxygens (including phenoxy) is 1. The van der Waals surface area contributed by atoms with Gasteiger partial charge >= 0.3 is 0 Å². The van der Waals surface area contributed by atoms with Gasteiger partial charge in [0.05, 0.1) is 7.11 Å². The Bertz CT molecular complexity index is 448. The van der Waals surface area contributed by atoms with Crippen LogP contribution in [-0.2, 0) is 10.8 Å². The Kier molecular flexibility index (Phi) is 3.57. The van der Waals surface area contributed by atoms with E-state index in [-0.39, 0.29) is 22.3 Å². The molecule has 0 aliphatic carbocycles. The van der Waals surface area contributed by atoms with Crippen molar-refractivity contribution in [3.8, 4) is 17.2 Å². The summed E-state index contributed by atoms with van der Waals surface area (Å²) in [6.45, 7) is 12.1. The Hall–Kier alpha value is -1.38. The zero-order valence-electron chi connectivity index (χ0n) is 12.4. The summed E-state index contributed by atoms with van der Waals surface area (Å²) in [6.07, 6.45) is 0. The molecule has 0 atom stereocenters. The van der Waals surface area contributed by atoms with Crippen molar-refractivity contribution >= 4 is 0 Å². The number of rotatable bonds is 1. The van der Waals surface area contributed by atoms with Crippen molar-refractivity contribution in [1.29, 1.82) is 0 Å². The summed E-state index contributed by atoms with van der Waals surface area (Å²) in [7, 11) is 1.59. The third-order valence-electron chi connectivity index (χ3n) is 2.99. The molecule has 0 saturated heterocycles. The molecule has 0 radical (unpaired) electrons. The molecule has 0 bridgehead atoms. The van der Waals surface area contributed by atoms with Crippen LogP contribution in [0.25, 0.3) is 0 Å². The molecule has 1 rings (SSSR count).